The molecule has 0 spiro atoms. The maximum atomic E-state index is 6.05. The lowest BCUT2D eigenvalue weighted by molar-refractivity contribution is 0.386. The van der Waals surface area contributed by atoms with Gasteiger partial charge in [-0.25, -0.2) is 0 Å². The monoisotopic (exact) mass is 206 g/mol. The van der Waals surface area contributed by atoms with Crippen LogP contribution < -0.4 is 0 Å². The smallest absolute Gasteiger partial charge is 0.0699 e. The number of hydrogen-bond donors (Lipinski definition) is 0. The topological polar surface area (TPSA) is 0 Å². The van der Waals surface area contributed by atoms with Crippen molar-refractivity contribution in [2.45, 2.75) is 83.4 Å². The van der Waals surface area contributed by atoms with Gasteiger partial charge in [-0.2, -0.15) is 0 Å². The standard InChI is InChI=1S/C14H27B/c1-13(15)14-11-9-7-5-3-2-4-6-8-10-12-14/h13-14H,2-12H2,1H3. The van der Waals surface area contributed by atoms with E-state index in [4.69, 9.17) is 7.85 Å². The first-order chi connectivity index (χ1) is 7.30. The Balaban J connectivity index is 2.25. The molecule has 86 valence electrons. The summed E-state index contributed by atoms with van der Waals surface area (Å²) in [6.45, 7) is 2.19. The average Bonchev–Trinajstić information content (AvgIpc) is 2.18. The van der Waals surface area contributed by atoms with Crippen molar-refractivity contribution in [1.82, 2.24) is 0 Å². The average molecular weight is 206 g/mol. The molecular formula is C14H27B. The Morgan fingerprint density at radius 2 is 1.07 bits per heavy atom. The quantitative estimate of drug-likeness (QED) is 0.536. The van der Waals surface area contributed by atoms with Gasteiger partial charge in [-0.15, -0.1) is 0 Å². The lowest BCUT2D eigenvalue weighted by Gasteiger charge is -2.21. The molecule has 0 bridgehead atoms. The fraction of sp³-hybridized carbons (Fsp3) is 1.00. The molecule has 1 rings (SSSR count). The lowest BCUT2D eigenvalue weighted by Crippen LogP contribution is -2.07. The van der Waals surface area contributed by atoms with Gasteiger partial charge >= 0.3 is 0 Å². The summed E-state index contributed by atoms with van der Waals surface area (Å²) >= 11 is 0. The van der Waals surface area contributed by atoms with Crippen LogP contribution in [0, 0.1) is 5.92 Å². The Bertz CT molecular complexity index is 130. The van der Waals surface area contributed by atoms with E-state index in [9.17, 15) is 0 Å². The molecule has 0 aromatic rings. The zero-order valence-corrected chi connectivity index (χ0v) is 10.5. The Morgan fingerprint density at radius 1 is 0.733 bits per heavy atom. The zero-order chi connectivity index (χ0) is 10.9. The molecule has 1 heteroatoms. The van der Waals surface area contributed by atoms with Crippen LogP contribution in [-0.4, -0.2) is 7.85 Å². The van der Waals surface area contributed by atoms with Gasteiger partial charge in [0.15, 0.2) is 0 Å². The summed E-state index contributed by atoms with van der Waals surface area (Å²) in [5, 5.41) is 0. The zero-order valence-electron chi connectivity index (χ0n) is 10.5. The van der Waals surface area contributed by atoms with Gasteiger partial charge < -0.3 is 0 Å². The van der Waals surface area contributed by atoms with Crippen molar-refractivity contribution >= 4 is 7.85 Å². The van der Waals surface area contributed by atoms with Crippen molar-refractivity contribution in [1.29, 1.82) is 0 Å². The highest BCUT2D eigenvalue weighted by molar-refractivity contribution is 6.11. The van der Waals surface area contributed by atoms with E-state index in [1.807, 2.05) is 0 Å². The van der Waals surface area contributed by atoms with E-state index < -0.39 is 0 Å². The van der Waals surface area contributed by atoms with E-state index in [-0.39, 0.29) is 0 Å². The van der Waals surface area contributed by atoms with E-state index >= 15 is 0 Å². The molecule has 1 aliphatic rings. The maximum Gasteiger partial charge on any atom is 0.0699 e. The molecule has 0 nitrogen and oxygen atoms in total. The van der Waals surface area contributed by atoms with Crippen molar-refractivity contribution in [2.24, 2.45) is 5.92 Å². The molecule has 0 saturated heterocycles. The van der Waals surface area contributed by atoms with E-state index in [1.54, 1.807) is 0 Å². The summed E-state index contributed by atoms with van der Waals surface area (Å²) < 4.78 is 0. The molecule has 1 saturated carbocycles. The second-order valence-electron chi connectivity index (χ2n) is 5.38. The molecule has 0 aliphatic heterocycles. The van der Waals surface area contributed by atoms with Crippen LogP contribution in [0.1, 0.15) is 77.6 Å². The van der Waals surface area contributed by atoms with Gasteiger partial charge in [0.25, 0.3) is 0 Å². The van der Waals surface area contributed by atoms with Crippen LogP contribution in [0.15, 0.2) is 0 Å². The molecule has 1 fully saturated rings. The van der Waals surface area contributed by atoms with Gasteiger partial charge in [-0.05, 0) is 5.92 Å². The van der Waals surface area contributed by atoms with Crippen molar-refractivity contribution in [3.8, 4) is 0 Å². The lowest BCUT2D eigenvalue weighted by atomic mass is 9.73. The van der Waals surface area contributed by atoms with Gasteiger partial charge in [-0.1, -0.05) is 83.4 Å². The minimum absolute atomic E-state index is 0.410. The summed E-state index contributed by atoms with van der Waals surface area (Å²) in [6, 6.07) is 0. The maximum absolute atomic E-state index is 6.05. The van der Waals surface area contributed by atoms with Gasteiger partial charge in [0, 0.05) is 0 Å². The van der Waals surface area contributed by atoms with E-state index in [2.05, 4.69) is 6.92 Å². The van der Waals surface area contributed by atoms with Crippen LogP contribution in [0.25, 0.3) is 0 Å². The summed E-state index contributed by atoms with van der Waals surface area (Å²) in [4.78, 5) is 0. The van der Waals surface area contributed by atoms with Gasteiger partial charge in [0.1, 0.15) is 0 Å². The molecule has 1 atom stereocenters. The SMILES string of the molecule is [B]C(C)C1CCCCCCCCCCC1. The predicted octanol–water partition coefficient (Wildman–Crippen LogP) is 4.88. The minimum Gasteiger partial charge on any atom is -0.0774 e. The first kappa shape index (κ1) is 13.1. The molecule has 0 amide bonds. The molecule has 15 heavy (non-hydrogen) atoms. The molecule has 1 unspecified atom stereocenters. The van der Waals surface area contributed by atoms with Crippen molar-refractivity contribution in [2.75, 3.05) is 0 Å². The first-order valence-electron chi connectivity index (χ1n) is 7.06. The largest absolute Gasteiger partial charge is 0.0774 e. The van der Waals surface area contributed by atoms with Crippen LogP contribution in [0.2, 0.25) is 5.82 Å². The second-order valence-corrected chi connectivity index (χ2v) is 5.38. The van der Waals surface area contributed by atoms with Crippen LogP contribution in [0.3, 0.4) is 0 Å². The second kappa shape index (κ2) is 8.24. The summed E-state index contributed by atoms with van der Waals surface area (Å²) in [6.07, 6.45) is 15.7. The van der Waals surface area contributed by atoms with Gasteiger partial charge in [0.2, 0.25) is 0 Å². The molecule has 0 aromatic heterocycles. The van der Waals surface area contributed by atoms with Crippen molar-refractivity contribution < 1.29 is 0 Å². The molecule has 1 aliphatic carbocycles. The number of hydrogen-bond acceptors (Lipinski definition) is 0. The Morgan fingerprint density at radius 3 is 1.40 bits per heavy atom. The van der Waals surface area contributed by atoms with E-state index in [0.717, 1.165) is 5.92 Å². The Hall–Kier alpha value is 0.0649. The van der Waals surface area contributed by atoms with Crippen LogP contribution in [-0.2, 0) is 0 Å². The van der Waals surface area contributed by atoms with Crippen LogP contribution in [0.5, 0.6) is 0 Å². The van der Waals surface area contributed by atoms with Crippen molar-refractivity contribution in [3.05, 3.63) is 0 Å². The molecule has 0 N–H and O–H groups in total. The Labute approximate surface area is 97.6 Å². The highest BCUT2D eigenvalue weighted by Gasteiger charge is 2.12. The summed E-state index contributed by atoms with van der Waals surface area (Å²) in [5.74, 6) is 1.21. The molecule has 2 radical (unpaired) electrons. The third-order valence-electron chi connectivity index (χ3n) is 3.89. The van der Waals surface area contributed by atoms with Crippen LogP contribution in [0.4, 0.5) is 0 Å². The fourth-order valence-electron chi connectivity index (χ4n) is 2.72. The summed E-state index contributed by atoms with van der Waals surface area (Å²) in [5.41, 5.74) is 0. The first-order valence-corrected chi connectivity index (χ1v) is 7.06. The predicted molar refractivity (Wildman–Crippen MR) is 69.5 cm³/mol. The molecule has 0 heterocycles. The van der Waals surface area contributed by atoms with Crippen LogP contribution >= 0.6 is 0 Å². The third kappa shape index (κ3) is 6.27. The van der Waals surface area contributed by atoms with Gasteiger partial charge in [-0.3, -0.25) is 0 Å². The van der Waals surface area contributed by atoms with Gasteiger partial charge in [0.05, 0.1) is 7.85 Å². The molecular weight excluding hydrogens is 179 g/mol. The minimum atomic E-state index is 0.410. The highest BCUT2D eigenvalue weighted by atomic mass is 14.2. The third-order valence-corrected chi connectivity index (χ3v) is 3.89. The molecule has 0 aromatic carbocycles. The highest BCUT2D eigenvalue weighted by Crippen LogP contribution is 2.28. The number of rotatable bonds is 1. The van der Waals surface area contributed by atoms with Crippen molar-refractivity contribution in [3.63, 3.8) is 0 Å². The Kier molecular flexibility index (Phi) is 7.22. The fourth-order valence-corrected chi connectivity index (χ4v) is 2.72. The van der Waals surface area contributed by atoms with E-state index in [1.165, 1.54) is 70.6 Å². The summed E-state index contributed by atoms with van der Waals surface area (Å²) in [7, 11) is 6.05. The van der Waals surface area contributed by atoms with E-state index in [0.29, 0.717) is 5.82 Å². The normalized spacial score (nSPS) is 25.1.